The van der Waals surface area contributed by atoms with Gasteiger partial charge in [0.15, 0.2) is 12.1 Å². The fourth-order valence-corrected chi connectivity index (χ4v) is 18.2. The van der Waals surface area contributed by atoms with Gasteiger partial charge in [-0.3, -0.25) is 14.4 Å². The third-order valence-corrected chi connectivity index (χ3v) is 19.5. The summed E-state index contributed by atoms with van der Waals surface area (Å²) in [6, 6.07) is 0. The van der Waals surface area contributed by atoms with E-state index in [4.69, 9.17) is 14.2 Å². The van der Waals surface area contributed by atoms with E-state index in [1.54, 1.807) is 0 Å². The molecule has 8 saturated carbocycles. The van der Waals surface area contributed by atoms with Gasteiger partial charge < -0.3 is 44.8 Å². The summed E-state index contributed by atoms with van der Waals surface area (Å²) in [4.78, 5) is 46.7. The van der Waals surface area contributed by atoms with Crippen molar-refractivity contribution in [3.05, 3.63) is 0 Å². The van der Waals surface area contributed by atoms with Gasteiger partial charge in [-0.2, -0.15) is 0 Å². The first-order valence-electron chi connectivity index (χ1n) is 20.0. The number of esters is 1. The van der Waals surface area contributed by atoms with Crippen molar-refractivity contribution in [2.24, 2.45) is 78.8 Å². The van der Waals surface area contributed by atoms with E-state index in [9.17, 15) is 30.6 Å². The summed E-state index contributed by atoms with van der Waals surface area (Å²) in [6.07, 6.45) is -3.52. The summed E-state index contributed by atoms with van der Waals surface area (Å²) < 4.78 is 18.8. The molecule has 12 aliphatic rings. The molecule has 52 heavy (non-hydrogen) atoms. The Labute approximate surface area is 302 Å². The Bertz CT molecular complexity index is 1730. The lowest BCUT2D eigenvalue weighted by molar-refractivity contribution is -0.458. The number of carbonyl (C=O) groups excluding carboxylic acids is 3. The Morgan fingerprint density at radius 3 is 2.15 bits per heavy atom. The van der Waals surface area contributed by atoms with E-state index in [-0.39, 0.29) is 44.7 Å². The quantitative estimate of drug-likeness (QED) is 0.196. The molecule has 8 aliphatic carbocycles. The summed E-state index contributed by atoms with van der Waals surface area (Å²) in [7, 11) is 0. The largest absolute Gasteiger partial charge is 0.461 e. The van der Waals surface area contributed by atoms with E-state index < -0.39 is 133 Å². The molecule has 286 valence electrons. The number of ether oxygens (including phenoxy) is 3. The summed E-state index contributed by atoms with van der Waals surface area (Å²) in [5.41, 5.74) is -10.1. The topological polar surface area (TPSA) is 200 Å². The van der Waals surface area contributed by atoms with Gasteiger partial charge in [0.1, 0.15) is 23.4 Å². The van der Waals surface area contributed by atoms with Gasteiger partial charge in [-0.25, -0.2) is 0 Å². The lowest BCUT2D eigenvalue weighted by atomic mass is 9.32. The zero-order valence-corrected chi connectivity index (χ0v) is 30.5. The molecule has 4 saturated heterocycles. The van der Waals surface area contributed by atoms with Gasteiger partial charge in [-0.05, 0) is 86.9 Å². The van der Waals surface area contributed by atoms with Crippen LogP contribution in [0.25, 0.3) is 0 Å². The highest BCUT2D eigenvalue weighted by Crippen LogP contribution is 2.88. The molecule has 4 heterocycles. The van der Waals surface area contributed by atoms with Crippen LogP contribution < -0.4 is 0 Å². The Morgan fingerprint density at radius 2 is 1.44 bits per heavy atom. The number of hydrogen-bond donors (Lipinski definition) is 6. The highest BCUT2D eigenvalue weighted by atomic mass is 16.6. The van der Waals surface area contributed by atoms with E-state index >= 15 is 14.4 Å². The molecule has 6 N–H and O–H groups in total. The Morgan fingerprint density at radius 1 is 0.731 bits per heavy atom. The fourth-order valence-electron chi connectivity index (χ4n) is 18.2. The average Bonchev–Trinajstić information content (AvgIpc) is 3.56. The number of rotatable bonds is 0. The van der Waals surface area contributed by atoms with Crippen LogP contribution in [0.15, 0.2) is 0 Å². The molecule has 0 aromatic heterocycles. The van der Waals surface area contributed by atoms with Gasteiger partial charge in [-0.15, -0.1) is 0 Å². The van der Waals surface area contributed by atoms with Crippen molar-refractivity contribution in [2.75, 3.05) is 13.2 Å². The number of Topliss-reactive ketones (excluding diaryl/α,β-unsaturated/α-hetero) is 2. The molecule has 0 aromatic carbocycles. The van der Waals surface area contributed by atoms with Crippen LogP contribution in [0.4, 0.5) is 0 Å². The predicted octanol–water partition coefficient (Wildman–Crippen LogP) is 1.24. The molecule has 6 spiro atoms. The monoisotopic (exact) mass is 726 g/mol. The number of fused-ring (bicyclic) bond motifs is 5. The summed E-state index contributed by atoms with van der Waals surface area (Å²) in [6.45, 7) is 8.12. The highest BCUT2D eigenvalue weighted by Gasteiger charge is 2.97. The summed E-state index contributed by atoms with van der Waals surface area (Å²) >= 11 is 0. The first-order valence-corrected chi connectivity index (χ1v) is 20.0. The second kappa shape index (κ2) is 9.20. The summed E-state index contributed by atoms with van der Waals surface area (Å²) in [5.74, 6) is -8.17. The van der Waals surface area contributed by atoms with Crippen LogP contribution in [0.5, 0.6) is 0 Å². The van der Waals surface area contributed by atoms with Crippen LogP contribution in [-0.4, -0.2) is 104 Å². The molecule has 4 aliphatic heterocycles. The maximum atomic E-state index is 16.2. The number of carbonyl (C=O) groups is 3. The number of hydrogen-bond acceptors (Lipinski definition) is 12. The van der Waals surface area contributed by atoms with Crippen LogP contribution in [0, 0.1) is 78.8 Å². The Kier molecular flexibility index (Phi) is 5.98. The molecule has 12 nitrogen and oxygen atoms in total. The van der Waals surface area contributed by atoms with Gasteiger partial charge in [0.25, 0.3) is 0 Å². The minimum absolute atomic E-state index is 0.0367. The lowest BCUT2D eigenvalue weighted by Gasteiger charge is -2.74. The van der Waals surface area contributed by atoms with E-state index in [1.807, 2.05) is 13.8 Å². The lowest BCUT2D eigenvalue weighted by Crippen LogP contribution is -2.86. The van der Waals surface area contributed by atoms with Crippen LogP contribution in [-0.2, 0) is 28.6 Å². The van der Waals surface area contributed by atoms with E-state index in [0.717, 1.165) is 0 Å². The van der Waals surface area contributed by atoms with Gasteiger partial charge in [0, 0.05) is 39.9 Å². The van der Waals surface area contributed by atoms with Crippen LogP contribution in [0.3, 0.4) is 0 Å². The standard InChI is InChI=1S/C40H54O12/c1-32(2)9-7-21(42)34-16-51-40(49,28(45)24(32)34)39-20(34)6-5-18(27(39)44)36(30(39)47)11-12-38(36)26(43)17-13-19(41)23-35-15-50-29(46)25(35)33(3,4)10-8-22(35)52-31(48)37(23,38)14-17/h17-25,27-29,41-42,44-46,49H,5-16H2,1-4H3/t17-,18-,19+,20+,21+,22+,23+,24-,25-,27-,28+,29-,34-,35+,36?,37-,38?,39-,40-/m1/s1. The maximum Gasteiger partial charge on any atom is 0.313 e. The molecule has 0 aromatic rings. The third-order valence-electron chi connectivity index (χ3n) is 19.5. The molecular formula is C40H54O12. The molecule has 12 rings (SSSR count). The van der Waals surface area contributed by atoms with Crippen LogP contribution in [0.1, 0.15) is 91.9 Å². The second-order valence-corrected chi connectivity index (χ2v) is 21.0. The molecular weight excluding hydrogens is 672 g/mol. The summed E-state index contributed by atoms with van der Waals surface area (Å²) in [5, 5.41) is 73.8. The van der Waals surface area contributed by atoms with Gasteiger partial charge >= 0.3 is 5.97 Å². The second-order valence-electron chi connectivity index (χ2n) is 21.0. The van der Waals surface area contributed by atoms with E-state index in [2.05, 4.69) is 13.8 Å². The minimum Gasteiger partial charge on any atom is -0.461 e. The van der Waals surface area contributed by atoms with E-state index in [0.29, 0.717) is 38.5 Å². The molecule has 0 amide bonds. The van der Waals surface area contributed by atoms with Gasteiger partial charge in [0.2, 0.25) is 5.79 Å². The first kappa shape index (κ1) is 33.8. The number of aliphatic hydroxyl groups is 6. The molecule has 2 unspecified atom stereocenters. The molecule has 12 fully saturated rings. The first-order chi connectivity index (χ1) is 24.4. The van der Waals surface area contributed by atoms with Gasteiger partial charge in [0.05, 0.1) is 42.4 Å². The average molecular weight is 727 g/mol. The third kappa shape index (κ3) is 2.80. The van der Waals surface area contributed by atoms with Crippen molar-refractivity contribution in [3.63, 3.8) is 0 Å². The predicted molar refractivity (Wildman–Crippen MR) is 176 cm³/mol. The van der Waals surface area contributed by atoms with Crippen molar-refractivity contribution >= 4 is 17.5 Å². The van der Waals surface area contributed by atoms with Crippen molar-refractivity contribution < 1.29 is 59.2 Å². The smallest absolute Gasteiger partial charge is 0.313 e. The molecule has 6 bridgehead atoms. The minimum atomic E-state index is -2.49. The van der Waals surface area contributed by atoms with Gasteiger partial charge in [-0.1, -0.05) is 27.7 Å². The van der Waals surface area contributed by atoms with Crippen molar-refractivity contribution in [2.45, 2.75) is 135 Å². The van der Waals surface area contributed by atoms with E-state index in [1.165, 1.54) is 0 Å². The SMILES string of the molecule is CC1(C)CC[C@H](O)[C@]23CO[C@](O)([C@@H](O)[C@H]12)[C@]12C(=O)C4(CCC45C(=O)[C@@H]4C[C@H](O)[C@H]6[C@@]78CO[C@@H](O)[C@@H]7C(C)(C)CC[C@@H]8OC(=O)[C@@]65C4)[C@H](CC[C@@H]31)[C@H]2O. The highest BCUT2D eigenvalue weighted by molar-refractivity contribution is 6.09. The maximum absolute atomic E-state index is 16.2. The zero-order chi connectivity index (χ0) is 36.8. The van der Waals surface area contributed by atoms with Crippen molar-refractivity contribution in [1.82, 2.24) is 0 Å². The molecule has 12 heteroatoms. The normalized spacial score (nSPS) is 64.0. The molecule has 19 atom stereocenters. The van der Waals surface area contributed by atoms with Crippen molar-refractivity contribution in [1.29, 1.82) is 0 Å². The number of ketones is 2. The van der Waals surface area contributed by atoms with Crippen molar-refractivity contribution in [3.8, 4) is 0 Å². The zero-order valence-electron chi connectivity index (χ0n) is 30.5. The van der Waals surface area contributed by atoms with Crippen LogP contribution >= 0.6 is 0 Å². The van der Waals surface area contributed by atoms with Crippen LogP contribution in [0.2, 0.25) is 0 Å². The Balaban J connectivity index is 1.14. The Hall–Kier alpha value is -1.51. The number of aliphatic hydroxyl groups excluding tert-OH is 5. The molecule has 0 radical (unpaired) electrons. The fraction of sp³-hybridized carbons (Fsp3) is 0.925.